The predicted octanol–water partition coefficient (Wildman–Crippen LogP) is 6.99. The van der Waals surface area contributed by atoms with E-state index in [-0.39, 0.29) is 12.2 Å². The zero-order chi connectivity index (χ0) is 25.4. The fraction of sp³-hybridized carbons (Fsp3) is 0.333. The standard InChI is InChI=1S/C30H33ClN4O/c1-18-14-19(2)27(22(5)26(18)17-35-15-20(3)36-21(4)16-35)30-33-28(23-6-8-25(31)9-7-23)29(34-30)24-10-12-32-13-11-24/h6-14,20-21H,15-17H2,1-5H3,(H,33,34)/t20-,21+. The van der Waals surface area contributed by atoms with E-state index in [2.05, 4.69) is 55.6 Å². The minimum Gasteiger partial charge on any atom is -0.373 e. The van der Waals surface area contributed by atoms with Crippen molar-refractivity contribution in [3.05, 3.63) is 82.1 Å². The van der Waals surface area contributed by atoms with Gasteiger partial charge in [0.2, 0.25) is 0 Å². The molecule has 5 rings (SSSR count). The molecule has 36 heavy (non-hydrogen) atoms. The Morgan fingerprint density at radius 3 is 2.28 bits per heavy atom. The van der Waals surface area contributed by atoms with Crippen LogP contribution in [0.15, 0.2) is 54.9 Å². The van der Waals surface area contributed by atoms with Crippen molar-refractivity contribution in [1.29, 1.82) is 0 Å². The van der Waals surface area contributed by atoms with Gasteiger partial charge in [-0.2, -0.15) is 0 Å². The highest BCUT2D eigenvalue weighted by Crippen LogP contribution is 2.37. The molecule has 2 aromatic heterocycles. The van der Waals surface area contributed by atoms with Crippen LogP contribution in [0.1, 0.15) is 36.1 Å². The van der Waals surface area contributed by atoms with Crippen LogP contribution in [0.25, 0.3) is 33.9 Å². The number of imidazole rings is 1. The van der Waals surface area contributed by atoms with Crippen molar-refractivity contribution in [2.24, 2.45) is 0 Å². The molecule has 0 saturated carbocycles. The van der Waals surface area contributed by atoms with E-state index in [1.807, 2.05) is 48.8 Å². The first-order valence-corrected chi connectivity index (χ1v) is 12.9. The molecule has 5 nitrogen and oxygen atoms in total. The fourth-order valence-corrected chi connectivity index (χ4v) is 5.63. The van der Waals surface area contributed by atoms with Gasteiger partial charge in [0.05, 0.1) is 23.6 Å². The number of aromatic amines is 1. The van der Waals surface area contributed by atoms with Crippen molar-refractivity contribution in [2.45, 2.75) is 53.4 Å². The molecule has 3 heterocycles. The number of rotatable bonds is 5. The van der Waals surface area contributed by atoms with E-state index in [1.165, 1.54) is 27.8 Å². The molecule has 1 aliphatic rings. The molecule has 0 bridgehead atoms. The Hall–Kier alpha value is -2.99. The van der Waals surface area contributed by atoms with Crippen LogP contribution >= 0.6 is 11.6 Å². The van der Waals surface area contributed by atoms with Crippen LogP contribution < -0.4 is 0 Å². The molecular formula is C30H33ClN4O. The lowest BCUT2D eigenvalue weighted by molar-refractivity contribution is -0.0705. The number of morpholine rings is 1. The third-order valence-corrected chi connectivity index (χ3v) is 7.29. The summed E-state index contributed by atoms with van der Waals surface area (Å²) < 4.78 is 5.96. The maximum atomic E-state index is 6.18. The largest absolute Gasteiger partial charge is 0.373 e. The molecule has 2 aromatic carbocycles. The summed E-state index contributed by atoms with van der Waals surface area (Å²) in [5.74, 6) is 0.881. The van der Waals surface area contributed by atoms with Crippen molar-refractivity contribution >= 4 is 11.6 Å². The van der Waals surface area contributed by atoms with Crippen LogP contribution in [-0.4, -0.2) is 45.1 Å². The van der Waals surface area contributed by atoms with Crippen LogP contribution in [0.3, 0.4) is 0 Å². The van der Waals surface area contributed by atoms with Crippen LogP contribution in [0.2, 0.25) is 5.02 Å². The van der Waals surface area contributed by atoms with Crippen molar-refractivity contribution < 1.29 is 4.74 Å². The number of ether oxygens (including phenoxy) is 1. The summed E-state index contributed by atoms with van der Waals surface area (Å²) in [6.07, 6.45) is 4.11. The summed E-state index contributed by atoms with van der Waals surface area (Å²) in [4.78, 5) is 15.5. The van der Waals surface area contributed by atoms with Crippen LogP contribution in [0.4, 0.5) is 0 Å². The summed E-state index contributed by atoms with van der Waals surface area (Å²) in [5.41, 5.74) is 10.3. The second-order valence-electron chi connectivity index (χ2n) is 9.99. The smallest absolute Gasteiger partial charge is 0.139 e. The van der Waals surface area contributed by atoms with E-state index in [1.54, 1.807) is 0 Å². The second kappa shape index (κ2) is 10.2. The van der Waals surface area contributed by atoms with Gasteiger partial charge < -0.3 is 9.72 Å². The van der Waals surface area contributed by atoms with Gasteiger partial charge in [-0.15, -0.1) is 0 Å². The highest BCUT2D eigenvalue weighted by molar-refractivity contribution is 6.30. The van der Waals surface area contributed by atoms with Crippen molar-refractivity contribution in [1.82, 2.24) is 19.9 Å². The normalized spacial score (nSPS) is 18.5. The number of hydrogen-bond donors (Lipinski definition) is 1. The topological polar surface area (TPSA) is 54.0 Å². The molecule has 1 fully saturated rings. The number of nitrogens with zero attached hydrogens (tertiary/aromatic N) is 3. The Kier molecular flexibility index (Phi) is 6.98. The highest BCUT2D eigenvalue weighted by atomic mass is 35.5. The Morgan fingerprint density at radius 2 is 1.61 bits per heavy atom. The molecule has 2 atom stereocenters. The number of benzene rings is 2. The van der Waals surface area contributed by atoms with Crippen LogP contribution in [0, 0.1) is 20.8 Å². The molecule has 0 amide bonds. The van der Waals surface area contributed by atoms with E-state index in [0.29, 0.717) is 5.02 Å². The first-order chi connectivity index (χ1) is 17.3. The van der Waals surface area contributed by atoms with E-state index < -0.39 is 0 Å². The monoisotopic (exact) mass is 500 g/mol. The lowest BCUT2D eigenvalue weighted by Gasteiger charge is -2.36. The van der Waals surface area contributed by atoms with Gasteiger partial charge in [-0.1, -0.05) is 29.8 Å². The fourth-order valence-electron chi connectivity index (χ4n) is 5.51. The van der Waals surface area contributed by atoms with E-state index in [0.717, 1.165) is 48.0 Å². The van der Waals surface area contributed by atoms with Crippen LogP contribution in [0.5, 0.6) is 0 Å². The average molecular weight is 501 g/mol. The van der Waals surface area contributed by atoms with E-state index in [9.17, 15) is 0 Å². The molecule has 0 spiro atoms. The molecule has 1 saturated heterocycles. The van der Waals surface area contributed by atoms with Gasteiger partial charge in [0.1, 0.15) is 5.82 Å². The SMILES string of the molecule is Cc1cc(C)c(-c2nc(-c3ccc(Cl)cc3)c(-c3ccncc3)[nH]2)c(C)c1CN1C[C@@H](C)O[C@@H](C)C1. The Balaban J connectivity index is 1.61. The van der Waals surface area contributed by atoms with Gasteiger partial charge in [-0.05, 0) is 81.1 Å². The predicted molar refractivity (Wildman–Crippen MR) is 147 cm³/mol. The average Bonchev–Trinajstić information content (AvgIpc) is 3.27. The van der Waals surface area contributed by atoms with Gasteiger partial charge in [0, 0.05) is 53.7 Å². The van der Waals surface area contributed by atoms with Gasteiger partial charge in [0.15, 0.2) is 0 Å². The quantitative estimate of drug-likeness (QED) is 0.320. The first-order valence-electron chi connectivity index (χ1n) is 12.5. The first kappa shape index (κ1) is 24.7. The molecule has 4 aromatic rings. The molecule has 6 heteroatoms. The minimum atomic E-state index is 0.245. The number of pyridine rings is 1. The Labute approximate surface area is 218 Å². The van der Waals surface area contributed by atoms with Gasteiger partial charge >= 0.3 is 0 Å². The van der Waals surface area contributed by atoms with E-state index in [4.69, 9.17) is 21.3 Å². The zero-order valence-electron chi connectivity index (χ0n) is 21.6. The maximum absolute atomic E-state index is 6.18. The Bertz CT molecular complexity index is 1350. The van der Waals surface area contributed by atoms with E-state index >= 15 is 0 Å². The van der Waals surface area contributed by atoms with Crippen molar-refractivity contribution in [2.75, 3.05) is 13.1 Å². The highest BCUT2D eigenvalue weighted by Gasteiger charge is 2.25. The molecule has 0 aliphatic carbocycles. The van der Waals surface area contributed by atoms with Gasteiger partial charge in [0.25, 0.3) is 0 Å². The summed E-state index contributed by atoms with van der Waals surface area (Å²) in [6, 6.07) is 14.2. The molecule has 1 aliphatic heterocycles. The third-order valence-electron chi connectivity index (χ3n) is 7.04. The number of aromatic nitrogens is 3. The molecule has 1 N–H and O–H groups in total. The zero-order valence-corrected chi connectivity index (χ0v) is 22.4. The summed E-state index contributed by atoms with van der Waals surface area (Å²) in [7, 11) is 0. The summed E-state index contributed by atoms with van der Waals surface area (Å²) >= 11 is 6.18. The minimum absolute atomic E-state index is 0.245. The molecular weight excluding hydrogens is 468 g/mol. The maximum Gasteiger partial charge on any atom is 0.139 e. The van der Waals surface area contributed by atoms with Crippen molar-refractivity contribution in [3.63, 3.8) is 0 Å². The molecule has 0 unspecified atom stereocenters. The van der Waals surface area contributed by atoms with Crippen molar-refractivity contribution in [3.8, 4) is 33.9 Å². The van der Waals surface area contributed by atoms with Crippen LogP contribution in [-0.2, 0) is 11.3 Å². The molecule has 186 valence electrons. The van der Waals surface area contributed by atoms with Gasteiger partial charge in [-0.25, -0.2) is 4.98 Å². The number of halogens is 1. The lowest BCUT2D eigenvalue weighted by Crippen LogP contribution is -2.45. The Morgan fingerprint density at radius 1 is 0.944 bits per heavy atom. The second-order valence-corrected chi connectivity index (χ2v) is 10.4. The number of aryl methyl sites for hydroxylation is 2. The lowest BCUT2D eigenvalue weighted by atomic mass is 9.92. The summed E-state index contributed by atoms with van der Waals surface area (Å²) in [5, 5.41) is 0.710. The van der Waals surface area contributed by atoms with Gasteiger partial charge in [-0.3, -0.25) is 9.88 Å². The molecule has 0 radical (unpaired) electrons. The third kappa shape index (κ3) is 4.96. The summed E-state index contributed by atoms with van der Waals surface area (Å²) in [6.45, 7) is 13.7. The number of hydrogen-bond acceptors (Lipinski definition) is 4. The number of nitrogens with one attached hydrogen (secondary N) is 1. The number of H-pyrrole nitrogens is 1.